The predicted octanol–water partition coefficient (Wildman–Crippen LogP) is 2.29. The van der Waals surface area contributed by atoms with E-state index in [0.717, 1.165) is 43.3 Å². The second kappa shape index (κ2) is 3.69. The van der Waals surface area contributed by atoms with Crippen LogP contribution in [0.5, 0.6) is 0 Å². The maximum Gasteiger partial charge on any atom is 0.223 e. The Bertz CT molecular complexity index is 507. The Morgan fingerprint density at radius 2 is 2.29 bits per heavy atom. The summed E-state index contributed by atoms with van der Waals surface area (Å²) in [4.78, 5) is 24.5. The third-order valence-corrected chi connectivity index (χ3v) is 3.96. The maximum absolute atomic E-state index is 11.6. The number of hydrogen-bond donors (Lipinski definition) is 0. The van der Waals surface area contributed by atoms with Crippen molar-refractivity contribution in [2.45, 2.75) is 32.1 Å². The topological polar surface area (TPSA) is 37.4 Å². The van der Waals surface area contributed by atoms with Crippen molar-refractivity contribution in [3.05, 3.63) is 28.8 Å². The zero-order valence-corrected chi connectivity index (χ0v) is 9.90. The number of benzene rings is 1. The summed E-state index contributed by atoms with van der Waals surface area (Å²) in [6.07, 6.45) is 4.16. The molecule has 1 heterocycles. The Morgan fingerprint density at radius 1 is 1.47 bits per heavy atom. The average molecular weight is 229 g/mol. The molecule has 0 radical (unpaired) electrons. The Labute approximate surface area is 100 Å². The molecule has 1 unspecified atom stereocenters. The molecule has 3 heteroatoms. The molecule has 0 aromatic heterocycles. The molecule has 3 nitrogen and oxygen atoms in total. The van der Waals surface area contributed by atoms with Gasteiger partial charge < -0.3 is 4.90 Å². The van der Waals surface area contributed by atoms with Gasteiger partial charge in [-0.3, -0.25) is 9.59 Å². The number of amides is 1. The van der Waals surface area contributed by atoms with Gasteiger partial charge >= 0.3 is 0 Å². The van der Waals surface area contributed by atoms with Gasteiger partial charge in [-0.2, -0.15) is 0 Å². The standard InChI is InChI=1S/C14H15NO2/c1-9(17)15-7-10-3-2-4-12-11(8-16)5-6-13(15)14(10)12/h5-6,8,10H,2-4,7H2,1H3. The molecule has 0 N–H and O–H groups in total. The highest BCUT2D eigenvalue weighted by Gasteiger charge is 2.35. The fourth-order valence-corrected chi connectivity index (χ4v) is 3.22. The smallest absolute Gasteiger partial charge is 0.223 e. The molecule has 0 bridgehead atoms. The molecule has 1 aromatic carbocycles. The molecule has 0 saturated heterocycles. The first-order valence-electron chi connectivity index (χ1n) is 6.11. The summed E-state index contributed by atoms with van der Waals surface area (Å²) in [5, 5.41) is 0. The molecule has 1 amide bonds. The van der Waals surface area contributed by atoms with Crippen LogP contribution in [0.1, 0.15) is 47.2 Å². The number of carbonyl (C=O) groups is 2. The molecule has 17 heavy (non-hydrogen) atoms. The molecule has 88 valence electrons. The van der Waals surface area contributed by atoms with Gasteiger partial charge in [0, 0.05) is 30.6 Å². The van der Waals surface area contributed by atoms with Gasteiger partial charge in [0.2, 0.25) is 5.91 Å². The van der Waals surface area contributed by atoms with Gasteiger partial charge in [0.1, 0.15) is 6.29 Å². The van der Waals surface area contributed by atoms with E-state index in [9.17, 15) is 9.59 Å². The van der Waals surface area contributed by atoms with Crippen molar-refractivity contribution in [1.29, 1.82) is 0 Å². The first-order valence-corrected chi connectivity index (χ1v) is 6.11. The third-order valence-electron chi connectivity index (χ3n) is 3.96. The highest BCUT2D eigenvalue weighted by molar-refractivity contribution is 5.95. The molecule has 1 aromatic rings. The van der Waals surface area contributed by atoms with E-state index in [1.165, 1.54) is 11.1 Å². The van der Waals surface area contributed by atoms with Crippen LogP contribution in [0, 0.1) is 0 Å². The Morgan fingerprint density at radius 3 is 3.00 bits per heavy atom. The zero-order chi connectivity index (χ0) is 12.0. The molecule has 3 rings (SSSR count). The monoisotopic (exact) mass is 229 g/mol. The lowest BCUT2D eigenvalue weighted by Gasteiger charge is -2.21. The zero-order valence-electron chi connectivity index (χ0n) is 9.90. The highest BCUT2D eigenvalue weighted by Crippen LogP contribution is 2.45. The van der Waals surface area contributed by atoms with Crippen LogP contribution in [-0.2, 0) is 11.2 Å². The van der Waals surface area contributed by atoms with E-state index >= 15 is 0 Å². The highest BCUT2D eigenvalue weighted by atomic mass is 16.2. The van der Waals surface area contributed by atoms with Crippen LogP contribution in [0.4, 0.5) is 5.69 Å². The van der Waals surface area contributed by atoms with E-state index in [4.69, 9.17) is 0 Å². The van der Waals surface area contributed by atoms with Crippen molar-refractivity contribution in [2.75, 3.05) is 11.4 Å². The van der Waals surface area contributed by atoms with Crippen LogP contribution >= 0.6 is 0 Å². The average Bonchev–Trinajstić information content (AvgIpc) is 2.71. The molecule has 1 atom stereocenters. The minimum atomic E-state index is 0.0976. The summed E-state index contributed by atoms with van der Waals surface area (Å²) in [5.41, 5.74) is 4.27. The van der Waals surface area contributed by atoms with Crippen LogP contribution in [0.25, 0.3) is 0 Å². The number of nitrogens with zero attached hydrogens (tertiary/aromatic N) is 1. The molecule has 1 aliphatic carbocycles. The molecule has 0 saturated carbocycles. The molecular formula is C14H15NO2. The summed E-state index contributed by atoms with van der Waals surface area (Å²) in [6.45, 7) is 2.40. The van der Waals surface area contributed by atoms with Crippen LogP contribution in [0.2, 0.25) is 0 Å². The summed E-state index contributed by atoms with van der Waals surface area (Å²) in [6, 6.07) is 3.78. The van der Waals surface area contributed by atoms with E-state index in [1.807, 2.05) is 17.0 Å². The molecule has 0 spiro atoms. The lowest BCUT2D eigenvalue weighted by atomic mass is 9.82. The van der Waals surface area contributed by atoms with E-state index < -0.39 is 0 Å². The first kappa shape index (κ1) is 10.5. The van der Waals surface area contributed by atoms with E-state index in [2.05, 4.69) is 0 Å². The summed E-state index contributed by atoms with van der Waals surface area (Å²) < 4.78 is 0. The lowest BCUT2D eigenvalue weighted by Crippen LogP contribution is -2.26. The second-order valence-electron chi connectivity index (χ2n) is 4.90. The normalized spacial score (nSPS) is 21.2. The number of hydrogen-bond acceptors (Lipinski definition) is 2. The van der Waals surface area contributed by atoms with Gasteiger partial charge in [0.15, 0.2) is 0 Å². The Hall–Kier alpha value is -1.64. The molecular weight excluding hydrogens is 214 g/mol. The lowest BCUT2D eigenvalue weighted by molar-refractivity contribution is -0.116. The minimum Gasteiger partial charge on any atom is -0.312 e. The van der Waals surface area contributed by atoms with Gasteiger partial charge in [-0.1, -0.05) is 0 Å². The van der Waals surface area contributed by atoms with Crippen molar-refractivity contribution in [3.8, 4) is 0 Å². The van der Waals surface area contributed by atoms with Crippen LogP contribution < -0.4 is 4.90 Å². The number of rotatable bonds is 1. The van der Waals surface area contributed by atoms with Gasteiger partial charge in [0.25, 0.3) is 0 Å². The van der Waals surface area contributed by atoms with Crippen molar-refractivity contribution < 1.29 is 9.59 Å². The quantitative estimate of drug-likeness (QED) is 0.693. The van der Waals surface area contributed by atoms with Crippen LogP contribution in [0.3, 0.4) is 0 Å². The number of aldehydes is 1. The fourth-order valence-electron chi connectivity index (χ4n) is 3.22. The van der Waals surface area contributed by atoms with Crippen molar-refractivity contribution in [3.63, 3.8) is 0 Å². The minimum absolute atomic E-state index is 0.0976. The first-order chi connectivity index (χ1) is 8.22. The van der Waals surface area contributed by atoms with Crippen LogP contribution in [0.15, 0.2) is 12.1 Å². The van der Waals surface area contributed by atoms with E-state index in [0.29, 0.717) is 5.92 Å². The van der Waals surface area contributed by atoms with Gasteiger partial charge in [0.05, 0.1) is 0 Å². The predicted molar refractivity (Wildman–Crippen MR) is 65.5 cm³/mol. The number of anilines is 1. The molecule has 2 aliphatic rings. The Kier molecular flexibility index (Phi) is 2.28. The van der Waals surface area contributed by atoms with E-state index in [1.54, 1.807) is 6.92 Å². The largest absolute Gasteiger partial charge is 0.312 e. The van der Waals surface area contributed by atoms with Gasteiger partial charge in [-0.15, -0.1) is 0 Å². The third kappa shape index (κ3) is 1.42. The summed E-state index contributed by atoms with van der Waals surface area (Å²) in [5.74, 6) is 0.540. The van der Waals surface area contributed by atoms with Crippen molar-refractivity contribution in [2.24, 2.45) is 0 Å². The van der Waals surface area contributed by atoms with Crippen LogP contribution in [-0.4, -0.2) is 18.7 Å². The maximum atomic E-state index is 11.6. The van der Waals surface area contributed by atoms with Crippen molar-refractivity contribution in [1.82, 2.24) is 0 Å². The number of carbonyl (C=O) groups excluding carboxylic acids is 2. The van der Waals surface area contributed by atoms with E-state index in [-0.39, 0.29) is 5.91 Å². The second-order valence-corrected chi connectivity index (χ2v) is 4.90. The molecule has 0 fully saturated rings. The SMILES string of the molecule is CC(=O)N1CC2CCCc3c(C=O)ccc1c32. The van der Waals surface area contributed by atoms with Gasteiger partial charge in [-0.05, 0) is 42.5 Å². The summed E-state index contributed by atoms with van der Waals surface area (Å²) >= 11 is 0. The Balaban J connectivity index is 2.20. The summed E-state index contributed by atoms with van der Waals surface area (Å²) in [7, 11) is 0. The van der Waals surface area contributed by atoms with Crippen molar-refractivity contribution >= 4 is 17.9 Å². The van der Waals surface area contributed by atoms with Gasteiger partial charge in [-0.25, -0.2) is 0 Å². The fraction of sp³-hybridized carbons (Fsp3) is 0.429. The molecule has 1 aliphatic heterocycles.